The summed E-state index contributed by atoms with van der Waals surface area (Å²) < 4.78 is 71.5. The average molecular weight is 517 g/mol. The van der Waals surface area contributed by atoms with Crippen LogP contribution in [0.4, 0.5) is 18.0 Å². The molecule has 3 N–H and O–H groups in total. The zero-order valence-electron chi connectivity index (χ0n) is 17.6. The minimum absolute atomic E-state index is 0.156. The molecule has 35 heavy (non-hydrogen) atoms. The Morgan fingerprint density at radius 2 is 1.60 bits per heavy atom. The molecule has 0 radical (unpaired) electrons. The second-order valence-electron chi connectivity index (χ2n) is 7.21. The number of alkyl halides is 3. The minimum atomic E-state index is -4.84. The molecule has 15 heteroatoms. The molecule has 1 aliphatic rings. The number of carbonyl (C=O) groups is 3. The number of imide groups is 1. The lowest BCUT2D eigenvalue weighted by atomic mass is 10.1. The van der Waals surface area contributed by atoms with Crippen LogP contribution < -0.4 is 20.3 Å². The summed E-state index contributed by atoms with van der Waals surface area (Å²) in [6.45, 7) is -0.857. The smallest absolute Gasteiger partial charge is 0.457 e. The molecule has 1 unspecified atom stereocenters. The first-order valence-corrected chi connectivity index (χ1v) is 11.4. The van der Waals surface area contributed by atoms with E-state index < -0.39 is 58.0 Å². The molecule has 1 aliphatic heterocycles. The van der Waals surface area contributed by atoms with Crippen LogP contribution in [0.5, 0.6) is 17.2 Å². The molecule has 3 rings (SSSR count). The van der Waals surface area contributed by atoms with Crippen molar-refractivity contribution in [1.29, 1.82) is 0 Å². The summed E-state index contributed by atoms with van der Waals surface area (Å²) in [6, 6.07) is 8.65. The number of rotatable bonds is 9. The lowest BCUT2D eigenvalue weighted by molar-refractivity contribution is -0.274. The Morgan fingerprint density at radius 1 is 1.06 bits per heavy atom. The summed E-state index contributed by atoms with van der Waals surface area (Å²) in [5, 5.41) is 11.2. The second kappa shape index (κ2) is 10.2. The molecular formula is C20H18F3N3O8S. The lowest BCUT2D eigenvalue weighted by Gasteiger charge is -2.20. The van der Waals surface area contributed by atoms with Crippen LogP contribution in [0.2, 0.25) is 0 Å². The maximum Gasteiger partial charge on any atom is 0.573 e. The number of halogens is 3. The molecule has 0 aliphatic carbocycles. The zero-order valence-corrected chi connectivity index (χ0v) is 18.4. The molecule has 0 aromatic heterocycles. The van der Waals surface area contributed by atoms with E-state index in [1.165, 1.54) is 41.9 Å². The van der Waals surface area contributed by atoms with Gasteiger partial charge < -0.3 is 14.8 Å². The number of hydrogen-bond acceptors (Lipinski definition) is 8. The summed E-state index contributed by atoms with van der Waals surface area (Å²) in [5.41, 5.74) is 1.33. The number of nitrogens with one attached hydrogen (secondary N) is 2. The van der Waals surface area contributed by atoms with Crippen LogP contribution in [0.15, 0.2) is 53.4 Å². The van der Waals surface area contributed by atoms with Gasteiger partial charge in [-0.25, -0.2) is 18.7 Å². The quantitative estimate of drug-likeness (QED) is 0.259. The first-order valence-electron chi connectivity index (χ1n) is 9.76. The van der Waals surface area contributed by atoms with Crippen molar-refractivity contribution in [3.05, 3.63) is 48.5 Å². The molecule has 0 bridgehead atoms. The molecule has 1 fully saturated rings. The van der Waals surface area contributed by atoms with E-state index in [1.807, 2.05) is 0 Å². The Hall–Kier alpha value is -3.85. The SMILES string of the molecule is O=C(NO)C(CN1C(=O)CNC1=O)CS(=O)(=O)c1ccc(Oc2ccc(OC(F)(F)F)cc2)cc1. The van der Waals surface area contributed by atoms with Crippen LogP contribution in [0.25, 0.3) is 0 Å². The number of ether oxygens (including phenoxy) is 2. The average Bonchev–Trinajstić information content (AvgIpc) is 3.10. The van der Waals surface area contributed by atoms with Crippen molar-refractivity contribution < 1.29 is 50.7 Å². The van der Waals surface area contributed by atoms with Gasteiger partial charge in [-0.15, -0.1) is 13.2 Å². The number of benzene rings is 2. The Labute approximate surface area is 196 Å². The monoisotopic (exact) mass is 517 g/mol. The van der Waals surface area contributed by atoms with Gasteiger partial charge in [-0.2, -0.15) is 0 Å². The fourth-order valence-corrected chi connectivity index (χ4v) is 4.61. The fourth-order valence-electron chi connectivity index (χ4n) is 3.08. The van der Waals surface area contributed by atoms with Crippen LogP contribution in [0.3, 0.4) is 0 Å². The highest BCUT2D eigenvalue weighted by Crippen LogP contribution is 2.28. The van der Waals surface area contributed by atoms with E-state index >= 15 is 0 Å². The Morgan fingerprint density at radius 3 is 2.09 bits per heavy atom. The first kappa shape index (κ1) is 25.8. The summed E-state index contributed by atoms with van der Waals surface area (Å²) in [7, 11) is -4.12. The largest absolute Gasteiger partial charge is 0.573 e. The van der Waals surface area contributed by atoms with E-state index in [9.17, 15) is 36.0 Å². The number of urea groups is 1. The molecule has 0 saturated carbocycles. The van der Waals surface area contributed by atoms with Crippen LogP contribution >= 0.6 is 0 Å². The number of sulfone groups is 1. The molecule has 1 heterocycles. The van der Waals surface area contributed by atoms with Gasteiger partial charge in [0.2, 0.25) is 11.8 Å². The number of amides is 4. The van der Waals surface area contributed by atoms with Gasteiger partial charge in [-0.1, -0.05) is 0 Å². The van der Waals surface area contributed by atoms with Gasteiger partial charge in [-0.3, -0.25) is 19.7 Å². The highest BCUT2D eigenvalue weighted by Gasteiger charge is 2.35. The summed E-state index contributed by atoms with van der Waals surface area (Å²) >= 11 is 0. The fraction of sp³-hybridized carbons (Fsp3) is 0.250. The molecule has 4 amide bonds. The summed E-state index contributed by atoms with van der Waals surface area (Å²) in [6.07, 6.45) is -4.84. The molecule has 188 valence electrons. The van der Waals surface area contributed by atoms with Crippen molar-refractivity contribution in [2.24, 2.45) is 5.92 Å². The Kier molecular flexibility index (Phi) is 7.50. The van der Waals surface area contributed by atoms with Gasteiger partial charge in [0.1, 0.15) is 17.2 Å². The highest BCUT2D eigenvalue weighted by molar-refractivity contribution is 7.91. The number of hydroxylamine groups is 1. The van der Waals surface area contributed by atoms with E-state index in [2.05, 4.69) is 10.1 Å². The van der Waals surface area contributed by atoms with Gasteiger partial charge in [0.25, 0.3) is 0 Å². The third kappa shape index (κ3) is 6.83. The minimum Gasteiger partial charge on any atom is -0.457 e. The molecule has 1 saturated heterocycles. The van der Waals surface area contributed by atoms with Gasteiger partial charge in [-0.05, 0) is 48.5 Å². The van der Waals surface area contributed by atoms with Crippen molar-refractivity contribution in [3.63, 3.8) is 0 Å². The molecule has 2 aromatic carbocycles. The standard InChI is InChI=1S/C20H18F3N3O8S/c21-20(22,23)34-15-3-1-13(2-4-15)33-14-5-7-16(8-6-14)35(31,32)11-12(18(28)25-30)10-26-17(27)9-24-19(26)29/h1-8,12,30H,9-11H2,(H,24,29)(H,25,28). The molecule has 1 atom stereocenters. The van der Waals surface area contributed by atoms with Crippen molar-refractivity contribution in [2.75, 3.05) is 18.8 Å². The number of nitrogens with zero attached hydrogens (tertiary/aromatic N) is 1. The second-order valence-corrected chi connectivity index (χ2v) is 9.24. The lowest BCUT2D eigenvalue weighted by Crippen LogP contribution is -2.43. The van der Waals surface area contributed by atoms with Crippen LogP contribution in [0, 0.1) is 5.92 Å². The maximum atomic E-state index is 12.8. The van der Waals surface area contributed by atoms with E-state index in [1.54, 1.807) is 0 Å². The Bertz CT molecular complexity index is 1190. The topological polar surface area (TPSA) is 151 Å². The summed E-state index contributed by atoms with van der Waals surface area (Å²) in [5.74, 6) is -4.15. The summed E-state index contributed by atoms with van der Waals surface area (Å²) in [4.78, 5) is 35.9. The van der Waals surface area contributed by atoms with Gasteiger partial charge in [0.05, 0.1) is 23.1 Å². The van der Waals surface area contributed by atoms with Crippen LogP contribution in [-0.4, -0.2) is 61.6 Å². The Balaban J connectivity index is 1.69. The molecule has 11 nitrogen and oxygen atoms in total. The normalized spacial score (nSPS) is 14.9. The number of hydrogen-bond donors (Lipinski definition) is 3. The van der Waals surface area contributed by atoms with Crippen molar-refractivity contribution in [2.45, 2.75) is 11.3 Å². The van der Waals surface area contributed by atoms with Gasteiger partial charge in [0.15, 0.2) is 9.84 Å². The predicted molar refractivity (Wildman–Crippen MR) is 110 cm³/mol. The van der Waals surface area contributed by atoms with E-state index in [0.717, 1.165) is 12.1 Å². The van der Waals surface area contributed by atoms with E-state index in [-0.39, 0.29) is 22.9 Å². The van der Waals surface area contributed by atoms with E-state index in [0.29, 0.717) is 4.90 Å². The first-order chi connectivity index (χ1) is 16.4. The van der Waals surface area contributed by atoms with Crippen LogP contribution in [-0.2, 0) is 19.4 Å². The van der Waals surface area contributed by atoms with Crippen molar-refractivity contribution in [1.82, 2.24) is 15.7 Å². The third-order valence-electron chi connectivity index (χ3n) is 4.72. The maximum absolute atomic E-state index is 12.8. The van der Waals surface area contributed by atoms with Gasteiger partial charge >= 0.3 is 12.4 Å². The number of carbonyl (C=O) groups excluding carboxylic acids is 3. The molecule has 0 spiro atoms. The van der Waals surface area contributed by atoms with Crippen molar-refractivity contribution in [3.8, 4) is 17.2 Å². The van der Waals surface area contributed by atoms with Crippen molar-refractivity contribution >= 4 is 27.7 Å². The molecule has 2 aromatic rings. The third-order valence-corrected chi connectivity index (χ3v) is 6.55. The van der Waals surface area contributed by atoms with Gasteiger partial charge in [0, 0.05) is 6.54 Å². The predicted octanol–water partition coefficient (Wildman–Crippen LogP) is 1.82. The molecular weight excluding hydrogens is 499 g/mol. The highest BCUT2D eigenvalue weighted by atomic mass is 32.2. The van der Waals surface area contributed by atoms with Crippen LogP contribution in [0.1, 0.15) is 0 Å². The zero-order chi connectivity index (χ0) is 25.8. The van der Waals surface area contributed by atoms with E-state index in [4.69, 9.17) is 9.94 Å².